The molecule has 4 nitrogen and oxygen atoms in total. The van der Waals surface area contributed by atoms with Gasteiger partial charge in [0.05, 0.1) is 17.7 Å². The Balaban J connectivity index is 2.14. The van der Waals surface area contributed by atoms with Crippen molar-refractivity contribution in [1.82, 2.24) is 5.32 Å². The fraction of sp³-hybridized carbons (Fsp3) is 0.533. The van der Waals surface area contributed by atoms with Crippen molar-refractivity contribution in [1.29, 1.82) is 0 Å². The zero-order valence-corrected chi connectivity index (χ0v) is 11.4. The molecule has 1 aromatic rings. The van der Waals surface area contributed by atoms with Gasteiger partial charge in [-0.2, -0.15) is 0 Å². The first-order valence-electron chi connectivity index (χ1n) is 6.84. The lowest BCUT2D eigenvalue weighted by molar-refractivity contribution is 0.0698. The summed E-state index contributed by atoms with van der Waals surface area (Å²) in [5.74, 6) is 0.329. The Morgan fingerprint density at radius 3 is 2.89 bits per heavy atom. The van der Waals surface area contributed by atoms with Gasteiger partial charge in [0.2, 0.25) is 0 Å². The van der Waals surface area contributed by atoms with Gasteiger partial charge < -0.3 is 16.2 Å². The molecule has 2 atom stereocenters. The molecule has 0 aromatic heterocycles. The number of nitrogen functional groups attached to an aromatic ring is 1. The molecule has 2 unspecified atom stereocenters. The summed E-state index contributed by atoms with van der Waals surface area (Å²) >= 11 is 0. The molecule has 19 heavy (non-hydrogen) atoms. The Morgan fingerprint density at radius 2 is 2.26 bits per heavy atom. The maximum atomic E-state index is 12.3. The van der Waals surface area contributed by atoms with Crippen molar-refractivity contribution < 1.29 is 9.90 Å². The van der Waals surface area contributed by atoms with Crippen LogP contribution in [0.15, 0.2) is 24.3 Å². The van der Waals surface area contributed by atoms with Crippen LogP contribution in [-0.4, -0.2) is 23.2 Å². The van der Waals surface area contributed by atoms with E-state index in [1.54, 1.807) is 24.3 Å². The van der Waals surface area contributed by atoms with Crippen molar-refractivity contribution in [3.05, 3.63) is 29.8 Å². The number of benzene rings is 1. The number of carbonyl (C=O) groups excluding carboxylic acids is 1. The molecule has 1 fully saturated rings. The fourth-order valence-electron chi connectivity index (χ4n) is 2.97. The molecule has 4 heteroatoms. The molecule has 2 rings (SSSR count). The second-order valence-electron chi connectivity index (χ2n) is 5.68. The number of rotatable bonds is 3. The molecule has 0 spiro atoms. The third-order valence-electron chi connectivity index (χ3n) is 3.98. The number of hydrogen-bond acceptors (Lipinski definition) is 3. The average Bonchev–Trinajstić information content (AvgIpc) is 2.39. The van der Waals surface area contributed by atoms with Crippen LogP contribution in [0.3, 0.4) is 0 Å². The second kappa shape index (κ2) is 5.61. The van der Waals surface area contributed by atoms with Crippen molar-refractivity contribution >= 4 is 11.6 Å². The number of aliphatic hydroxyl groups excluding tert-OH is 1. The third-order valence-corrected chi connectivity index (χ3v) is 3.98. The van der Waals surface area contributed by atoms with Gasteiger partial charge in [0.25, 0.3) is 5.91 Å². The van der Waals surface area contributed by atoms with E-state index in [-0.39, 0.29) is 12.5 Å². The van der Waals surface area contributed by atoms with Crippen molar-refractivity contribution in [3.63, 3.8) is 0 Å². The Bertz CT molecular complexity index is 461. The smallest absolute Gasteiger partial charge is 0.253 e. The minimum atomic E-state index is -0.489. The van der Waals surface area contributed by atoms with Gasteiger partial charge in [0.1, 0.15) is 0 Å². The van der Waals surface area contributed by atoms with Crippen molar-refractivity contribution in [3.8, 4) is 0 Å². The quantitative estimate of drug-likeness (QED) is 0.729. The van der Waals surface area contributed by atoms with Gasteiger partial charge in [-0.25, -0.2) is 0 Å². The molecule has 1 aliphatic rings. The van der Waals surface area contributed by atoms with E-state index in [2.05, 4.69) is 12.2 Å². The number of aliphatic hydroxyl groups is 1. The van der Waals surface area contributed by atoms with Gasteiger partial charge in [-0.1, -0.05) is 31.9 Å². The van der Waals surface area contributed by atoms with E-state index in [0.717, 1.165) is 25.7 Å². The van der Waals surface area contributed by atoms with Gasteiger partial charge in [0, 0.05) is 5.69 Å². The lowest BCUT2D eigenvalue weighted by Gasteiger charge is -2.39. The first-order chi connectivity index (χ1) is 9.06. The Labute approximate surface area is 114 Å². The maximum Gasteiger partial charge on any atom is 0.253 e. The van der Waals surface area contributed by atoms with Crippen LogP contribution in [0.1, 0.15) is 43.0 Å². The number of hydrogen-bond donors (Lipinski definition) is 3. The Hall–Kier alpha value is -1.55. The van der Waals surface area contributed by atoms with E-state index in [1.165, 1.54) is 0 Å². The molecule has 1 aliphatic carbocycles. The van der Waals surface area contributed by atoms with Crippen LogP contribution in [0.4, 0.5) is 5.69 Å². The molecular formula is C15H22N2O2. The number of para-hydroxylation sites is 1. The zero-order valence-electron chi connectivity index (χ0n) is 11.4. The van der Waals surface area contributed by atoms with E-state index < -0.39 is 5.54 Å². The molecule has 0 radical (unpaired) electrons. The van der Waals surface area contributed by atoms with Crippen LogP contribution in [-0.2, 0) is 0 Å². The van der Waals surface area contributed by atoms with Crippen LogP contribution >= 0.6 is 0 Å². The summed E-state index contributed by atoms with van der Waals surface area (Å²) in [4.78, 5) is 12.3. The van der Waals surface area contributed by atoms with Crippen LogP contribution < -0.4 is 11.1 Å². The molecule has 4 N–H and O–H groups in total. The highest BCUT2D eigenvalue weighted by molar-refractivity contribution is 5.99. The third kappa shape index (κ3) is 3.07. The van der Waals surface area contributed by atoms with Gasteiger partial charge >= 0.3 is 0 Å². The summed E-state index contributed by atoms with van der Waals surface area (Å²) in [5.41, 5.74) is 6.28. The SMILES string of the molecule is CC1CCCC(CO)(NC(=O)c2ccccc2N)C1. The topological polar surface area (TPSA) is 75.3 Å². The molecule has 104 valence electrons. The van der Waals surface area contributed by atoms with E-state index >= 15 is 0 Å². The van der Waals surface area contributed by atoms with Gasteiger partial charge in [0.15, 0.2) is 0 Å². The Kier molecular flexibility index (Phi) is 4.10. The van der Waals surface area contributed by atoms with E-state index in [1.807, 2.05) is 0 Å². The molecule has 0 bridgehead atoms. The lowest BCUT2D eigenvalue weighted by Crippen LogP contribution is -2.53. The summed E-state index contributed by atoms with van der Waals surface area (Å²) in [6.45, 7) is 2.14. The zero-order chi connectivity index (χ0) is 13.9. The second-order valence-corrected chi connectivity index (χ2v) is 5.68. The number of nitrogens with one attached hydrogen (secondary N) is 1. The van der Waals surface area contributed by atoms with E-state index in [9.17, 15) is 9.90 Å². The minimum absolute atomic E-state index is 0.0180. The molecular weight excluding hydrogens is 240 g/mol. The monoisotopic (exact) mass is 262 g/mol. The van der Waals surface area contributed by atoms with Crippen molar-refractivity contribution in [2.75, 3.05) is 12.3 Å². The average molecular weight is 262 g/mol. The summed E-state index contributed by atoms with van der Waals surface area (Å²) in [6.07, 6.45) is 3.84. The van der Waals surface area contributed by atoms with E-state index in [0.29, 0.717) is 17.2 Å². The summed E-state index contributed by atoms with van der Waals surface area (Å²) < 4.78 is 0. The molecule has 1 aromatic carbocycles. The van der Waals surface area contributed by atoms with Crippen molar-refractivity contribution in [2.45, 2.75) is 38.1 Å². The van der Waals surface area contributed by atoms with Gasteiger partial charge in [-0.15, -0.1) is 0 Å². The summed E-state index contributed by atoms with van der Waals surface area (Å²) in [5, 5.41) is 12.7. The standard InChI is InChI=1S/C15H22N2O2/c1-11-5-4-8-15(9-11,10-18)17-14(19)12-6-2-3-7-13(12)16/h2-3,6-7,11,18H,4-5,8-10,16H2,1H3,(H,17,19). The molecule has 0 aliphatic heterocycles. The van der Waals surface area contributed by atoms with Gasteiger partial charge in [-0.3, -0.25) is 4.79 Å². The highest BCUT2D eigenvalue weighted by Gasteiger charge is 2.36. The first-order valence-corrected chi connectivity index (χ1v) is 6.84. The van der Waals surface area contributed by atoms with Crippen LogP contribution in [0.25, 0.3) is 0 Å². The van der Waals surface area contributed by atoms with Crippen LogP contribution in [0.2, 0.25) is 0 Å². The molecule has 1 saturated carbocycles. The summed E-state index contributed by atoms with van der Waals surface area (Å²) in [6, 6.07) is 7.02. The molecule has 1 amide bonds. The number of anilines is 1. The Morgan fingerprint density at radius 1 is 1.53 bits per heavy atom. The fourth-order valence-corrected chi connectivity index (χ4v) is 2.97. The predicted octanol–water partition coefficient (Wildman–Crippen LogP) is 1.94. The number of nitrogens with two attached hydrogens (primary N) is 1. The largest absolute Gasteiger partial charge is 0.398 e. The van der Waals surface area contributed by atoms with E-state index in [4.69, 9.17) is 5.73 Å². The number of carbonyl (C=O) groups is 1. The highest BCUT2D eigenvalue weighted by atomic mass is 16.3. The normalized spacial score (nSPS) is 26.9. The predicted molar refractivity (Wildman–Crippen MR) is 75.8 cm³/mol. The van der Waals surface area contributed by atoms with Gasteiger partial charge in [-0.05, 0) is 30.9 Å². The minimum Gasteiger partial charge on any atom is -0.398 e. The molecule has 0 saturated heterocycles. The maximum absolute atomic E-state index is 12.3. The highest BCUT2D eigenvalue weighted by Crippen LogP contribution is 2.32. The van der Waals surface area contributed by atoms with Crippen LogP contribution in [0.5, 0.6) is 0 Å². The number of amides is 1. The van der Waals surface area contributed by atoms with Crippen molar-refractivity contribution in [2.24, 2.45) is 5.92 Å². The lowest BCUT2D eigenvalue weighted by atomic mass is 9.76. The van der Waals surface area contributed by atoms with Crippen LogP contribution in [0, 0.1) is 5.92 Å². The first kappa shape index (κ1) is 13.9. The molecule has 0 heterocycles. The summed E-state index contributed by atoms with van der Waals surface area (Å²) in [7, 11) is 0.